The molecule has 0 saturated heterocycles. The van der Waals surface area contributed by atoms with Gasteiger partial charge in [-0.1, -0.05) is 53.8 Å². The molecule has 122 valence electrons. The summed E-state index contributed by atoms with van der Waals surface area (Å²) in [7, 11) is 1.61. The molecule has 0 bridgehead atoms. The predicted octanol–water partition coefficient (Wildman–Crippen LogP) is 4.31. The number of aromatic nitrogens is 1. The molecule has 0 atom stereocenters. The molecule has 0 aliphatic carbocycles. The minimum absolute atomic E-state index is 0.0865. The molecule has 5 heteroatoms. The number of carbonyl (C=O) groups excluding carboxylic acids is 1. The molecule has 0 aliphatic rings. The first kappa shape index (κ1) is 16.2. The largest absolute Gasteiger partial charge is 0.497 e. The van der Waals surface area contributed by atoms with Gasteiger partial charge in [0.15, 0.2) is 5.13 Å². The van der Waals surface area contributed by atoms with Crippen LogP contribution in [0.15, 0.2) is 54.6 Å². The average Bonchev–Trinajstić information content (AvgIpc) is 2.96. The maximum atomic E-state index is 12.3. The minimum Gasteiger partial charge on any atom is -0.497 e. The van der Waals surface area contributed by atoms with Gasteiger partial charge in [0.05, 0.1) is 24.1 Å². The van der Waals surface area contributed by atoms with Gasteiger partial charge in [0.2, 0.25) is 5.91 Å². The maximum Gasteiger partial charge on any atom is 0.230 e. The second-order valence-electron chi connectivity index (χ2n) is 5.38. The van der Waals surface area contributed by atoms with Gasteiger partial charge < -0.3 is 10.1 Å². The highest BCUT2D eigenvalue weighted by atomic mass is 32.1. The molecule has 0 aliphatic heterocycles. The lowest BCUT2D eigenvalue weighted by molar-refractivity contribution is -0.115. The fraction of sp³-hybridized carbons (Fsp3) is 0.158. The third kappa shape index (κ3) is 3.81. The van der Waals surface area contributed by atoms with Gasteiger partial charge in [0, 0.05) is 0 Å². The van der Waals surface area contributed by atoms with Crippen LogP contribution in [-0.2, 0) is 11.2 Å². The first-order valence-electron chi connectivity index (χ1n) is 7.61. The Morgan fingerprint density at radius 2 is 1.96 bits per heavy atom. The van der Waals surface area contributed by atoms with Gasteiger partial charge in [-0.3, -0.25) is 4.79 Å². The lowest BCUT2D eigenvalue weighted by Gasteiger charge is -2.04. The Hall–Kier alpha value is -2.66. The Kier molecular flexibility index (Phi) is 4.91. The molecule has 2 aromatic carbocycles. The minimum atomic E-state index is -0.0865. The van der Waals surface area contributed by atoms with Gasteiger partial charge in [0.1, 0.15) is 5.75 Å². The zero-order chi connectivity index (χ0) is 16.9. The summed E-state index contributed by atoms with van der Waals surface area (Å²) in [4.78, 5) is 17.8. The van der Waals surface area contributed by atoms with Crippen molar-refractivity contribution >= 4 is 22.4 Å². The smallest absolute Gasteiger partial charge is 0.230 e. The number of ether oxygens (including phenoxy) is 1. The van der Waals surface area contributed by atoms with E-state index >= 15 is 0 Å². The first-order chi connectivity index (χ1) is 11.7. The Morgan fingerprint density at radius 1 is 1.17 bits per heavy atom. The van der Waals surface area contributed by atoms with E-state index in [1.54, 1.807) is 7.11 Å². The van der Waals surface area contributed by atoms with E-state index in [0.29, 0.717) is 5.13 Å². The maximum absolute atomic E-state index is 12.3. The summed E-state index contributed by atoms with van der Waals surface area (Å²) in [5.41, 5.74) is 2.94. The SMILES string of the molecule is COc1cccc(CC(=O)Nc2nc(C)c(-c3ccccc3)s2)c1. The van der Waals surface area contributed by atoms with Crippen molar-refractivity contribution < 1.29 is 9.53 Å². The van der Waals surface area contributed by atoms with Crippen LogP contribution >= 0.6 is 11.3 Å². The van der Waals surface area contributed by atoms with E-state index in [2.05, 4.69) is 10.3 Å². The number of nitrogens with zero attached hydrogens (tertiary/aromatic N) is 1. The second-order valence-corrected chi connectivity index (χ2v) is 6.38. The van der Waals surface area contributed by atoms with Gasteiger partial charge in [-0.2, -0.15) is 0 Å². The summed E-state index contributed by atoms with van der Waals surface area (Å²) in [6, 6.07) is 17.6. The molecule has 0 spiro atoms. The van der Waals surface area contributed by atoms with Crippen LogP contribution in [0.1, 0.15) is 11.3 Å². The molecule has 4 nitrogen and oxygen atoms in total. The highest BCUT2D eigenvalue weighted by molar-refractivity contribution is 7.19. The second kappa shape index (κ2) is 7.27. The molecule has 1 heterocycles. The third-order valence-corrected chi connectivity index (χ3v) is 4.70. The average molecular weight is 338 g/mol. The number of benzene rings is 2. The van der Waals surface area contributed by atoms with Crippen LogP contribution in [0, 0.1) is 6.92 Å². The van der Waals surface area contributed by atoms with Crippen molar-refractivity contribution in [2.24, 2.45) is 0 Å². The number of hydrogen-bond acceptors (Lipinski definition) is 4. The zero-order valence-corrected chi connectivity index (χ0v) is 14.4. The number of amides is 1. The first-order valence-corrected chi connectivity index (χ1v) is 8.43. The number of rotatable bonds is 5. The zero-order valence-electron chi connectivity index (χ0n) is 13.6. The Labute approximate surface area is 145 Å². The van der Waals surface area contributed by atoms with E-state index < -0.39 is 0 Å². The fourth-order valence-corrected chi connectivity index (χ4v) is 3.43. The molecule has 3 aromatic rings. The van der Waals surface area contributed by atoms with Crippen molar-refractivity contribution in [1.82, 2.24) is 4.98 Å². The summed E-state index contributed by atoms with van der Waals surface area (Å²) < 4.78 is 5.18. The van der Waals surface area contributed by atoms with Crippen LogP contribution in [0.4, 0.5) is 5.13 Å². The summed E-state index contributed by atoms with van der Waals surface area (Å²) >= 11 is 1.49. The van der Waals surface area contributed by atoms with Gasteiger partial charge in [-0.05, 0) is 30.2 Å². The van der Waals surface area contributed by atoms with Gasteiger partial charge in [-0.25, -0.2) is 4.98 Å². The molecule has 1 N–H and O–H groups in total. The molecule has 0 saturated carbocycles. The van der Waals surface area contributed by atoms with Gasteiger partial charge in [-0.15, -0.1) is 0 Å². The standard InChI is InChI=1S/C19H18N2O2S/c1-13-18(15-8-4-3-5-9-15)24-19(20-13)21-17(22)12-14-7-6-10-16(11-14)23-2/h3-11H,12H2,1-2H3,(H,20,21,22). The molecule has 1 amide bonds. The lowest BCUT2D eigenvalue weighted by atomic mass is 10.1. The number of aryl methyl sites for hydroxylation is 1. The molecule has 3 rings (SSSR count). The third-order valence-electron chi connectivity index (χ3n) is 3.58. The van der Waals surface area contributed by atoms with Crippen molar-refractivity contribution in [3.8, 4) is 16.2 Å². The number of nitrogens with one attached hydrogen (secondary N) is 1. The number of methoxy groups -OCH3 is 1. The Bertz CT molecular complexity index is 844. The fourth-order valence-electron chi connectivity index (χ4n) is 2.44. The highest BCUT2D eigenvalue weighted by Crippen LogP contribution is 2.32. The van der Waals surface area contributed by atoms with Crippen LogP contribution in [0.25, 0.3) is 10.4 Å². The summed E-state index contributed by atoms with van der Waals surface area (Å²) in [5.74, 6) is 0.661. The van der Waals surface area contributed by atoms with Crippen LogP contribution in [0.3, 0.4) is 0 Å². The quantitative estimate of drug-likeness (QED) is 0.754. The van der Waals surface area contributed by atoms with Crippen LogP contribution in [-0.4, -0.2) is 18.0 Å². The van der Waals surface area contributed by atoms with Crippen molar-refractivity contribution in [3.05, 3.63) is 65.9 Å². The van der Waals surface area contributed by atoms with Crippen LogP contribution in [0.2, 0.25) is 0 Å². The highest BCUT2D eigenvalue weighted by Gasteiger charge is 2.12. The monoisotopic (exact) mass is 338 g/mol. The summed E-state index contributed by atoms with van der Waals surface area (Å²) in [6.07, 6.45) is 0.288. The normalized spacial score (nSPS) is 10.4. The van der Waals surface area contributed by atoms with E-state index in [1.165, 1.54) is 11.3 Å². The molecule has 24 heavy (non-hydrogen) atoms. The van der Waals surface area contributed by atoms with Crippen molar-refractivity contribution in [2.45, 2.75) is 13.3 Å². The van der Waals surface area contributed by atoms with E-state index in [4.69, 9.17) is 4.74 Å². The van der Waals surface area contributed by atoms with Crippen LogP contribution in [0.5, 0.6) is 5.75 Å². The Balaban J connectivity index is 1.71. The van der Waals surface area contributed by atoms with Crippen molar-refractivity contribution in [1.29, 1.82) is 0 Å². The Morgan fingerprint density at radius 3 is 2.71 bits per heavy atom. The van der Waals surface area contributed by atoms with Gasteiger partial charge in [0.25, 0.3) is 0 Å². The van der Waals surface area contributed by atoms with E-state index in [1.807, 2.05) is 61.5 Å². The molecule has 0 radical (unpaired) electrons. The lowest BCUT2D eigenvalue weighted by Crippen LogP contribution is -2.14. The van der Waals surface area contributed by atoms with E-state index in [-0.39, 0.29) is 12.3 Å². The number of anilines is 1. The van der Waals surface area contributed by atoms with Crippen molar-refractivity contribution in [3.63, 3.8) is 0 Å². The summed E-state index contributed by atoms with van der Waals surface area (Å²) in [6.45, 7) is 1.95. The van der Waals surface area contributed by atoms with E-state index in [9.17, 15) is 4.79 Å². The predicted molar refractivity (Wildman–Crippen MR) is 97.6 cm³/mol. The molecular weight excluding hydrogens is 320 g/mol. The van der Waals surface area contributed by atoms with E-state index in [0.717, 1.165) is 27.4 Å². The number of hydrogen-bond donors (Lipinski definition) is 1. The van der Waals surface area contributed by atoms with Gasteiger partial charge >= 0.3 is 0 Å². The molecule has 0 unspecified atom stereocenters. The van der Waals surface area contributed by atoms with Crippen molar-refractivity contribution in [2.75, 3.05) is 12.4 Å². The molecule has 1 aromatic heterocycles. The molecule has 0 fully saturated rings. The number of carbonyl (C=O) groups is 1. The number of thiazole rings is 1. The summed E-state index contributed by atoms with van der Waals surface area (Å²) in [5, 5.41) is 3.51. The molecular formula is C19H18N2O2S. The van der Waals surface area contributed by atoms with Crippen LogP contribution < -0.4 is 10.1 Å². The topological polar surface area (TPSA) is 51.2 Å².